The van der Waals surface area contributed by atoms with Gasteiger partial charge in [0, 0.05) is 0 Å². The fourth-order valence-corrected chi connectivity index (χ4v) is 3.51. The maximum absolute atomic E-state index is 13.7. The summed E-state index contributed by atoms with van der Waals surface area (Å²) < 4.78 is 45.6. The van der Waals surface area contributed by atoms with Crippen LogP contribution in [0.2, 0.25) is 0 Å². The van der Waals surface area contributed by atoms with Crippen LogP contribution in [-0.4, -0.2) is 24.4 Å². The molecular formula is C23H21F3O3. The Morgan fingerprint density at radius 3 is 2.28 bits per heavy atom. The van der Waals surface area contributed by atoms with Gasteiger partial charge in [-0.05, 0) is 46.9 Å². The Bertz CT molecular complexity index is 975. The highest BCUT2D eigenvalue weighted by Gasteiger charge is 2.40. The van der Waals surface area contributed by atoms with E-state index in [1.165, 1.54) is 31.4 Å². The molecule has 6 heteroatoms. The SMILES string of the molecule is COC(=O)c1ccc(C(CCC(O)c2cccc3ccccc23)C(F)(F)F)cc1. The Kier molecular flexibility index (Phi) is 6.23. The molecule has 3 nitrogen and oxygen atoms in total. The first-order chi connectivity index (χ1) is 13.8. The number of fused-ring (bicyclic) bond motifs is 1. The first kappa shape index (κ1) is 20.9. The summed E-state index contributed by atoms with van der Waals surface area (Å²) in [5.41, 5.74) is 0.855. The van der Waals surface area contributed by atoms with Gasteiger partial charge < -0.3 is 9.84 Å². The van der Waals surface area contributed by atoms with Crippen molar-refractivity contribution < 1.29 is 27.8 Å². The summed E-state index contributed by atoms with van der Waals surface area (Å²) in [6.45, 7) is 0. The second-order valence-corrected chi connectivity index (χ2v) is 6.87. The van der Waals surface area contributed by atoms with Gasteiger partial charge in [-0.2, -0.15) is 13.2 Å². The predicted octanol–water partition coefficient (Wildman–Crippen LogP) is 5.79. The van der Waals surface area contributed by atoms with Gasteiger partial charge in [-0.3, -0.25) is 0 Å². The molecule has 29 heavy (non-hydrogen) atoms. The molecule has 3 rings (SSSR count). The van der Waals surface area contributed by atoms with Crippen molar-refractivity contribution in [2.24, 2.45) is 0 Å². The number of alkyl halides is 3. The summed E-state index contributed by atoms with van der Waals surface area (Å²) >= 11 is 0. The smallest absolute Gasteiger partial charge is 0.395 e. The van der Waals surface area contributed by atoms with Crippen molar-refractivity contribution in [3.05, 3.63) is 83.4 Å². The normalized spacial score (nSPS) is 13.8. The van der Waals surface area contributed by atoms with Crippen molar-refractivity contribution in [2.45, 2.75) is 31.0 Å². The molecule has 3 aromatic carbocycles. The third-order valence-electron chi connectivity index (χ3n) is 5.04. The van der Waals surface area contributed by atoms with Gasteiger partial charge >= 0.3 is 12.1 Å². The molecule has 0 heterocycles. The minimum Gasteiger partial charge on any atom is -0.465 e. The van der Waals surface area contributed by atoms with Crippen LogP contribution in [0.1, 0.15) is 46.3 Å². The molecule has 0 amide bonds. The fraction of sp³-hybridized carbons (Fsp3) is 0.261. The van der Waals surface area contributed by atoms with Crippen molar-refractivity contribution in [3.63, 3.8) is 0 Å². The lowest BCUT2D eigenvalue weighted by Crippen LogP contribution is -2.21. The molecule has 0 radical (unpaired) electrons. The number of rotatable bonds is 6. The minimum atomic E-state index is -4.47. The van der Waals surface area contributed by atoms with Crippen molar-refractivity contribution in [1.29, 1.82) is 0 Å². The van der Waals surface area contributed by atoms with E-state index in [2.05, 4.69) is 4.74 Å². The Morgan fingerprint density at radius 2 is 1.62 bits per heavy atom. The number of halogens is 3. The molecule has 152 valence electrons. The average molecular weight is 402 g/mol. The summed E-state index contributed by atoms with van der Waals surface area (Å²) in [7, 11) is 1.21. The van der Waals surface area contributed by atoms with E-state index < -0.39 is 24.2 Å². The first-order valence-corrected chi connectivity index (χ1v) is 9.22. The number of aliphatic hydroxyl groups is 1. The third kappa shape index (κ3) is 4.77. The zero-order chi connectivity index (χ0) is 21.0. The van der Waals surface area contributed by atoms with Crippen LogP contribution in [0.25, 0.3) is 10.8 Å². The lowest BCUT2D eigenvalue weighted by atomic mass is 9.89. The van der Waals surface area contributed by atoms with Gasteiger partial charge in [-0.25, -0.2) is 4.79 Å². The number of hydrogen-bond acceptors (Lipinski definition) is 3. The molecule has 3 aromatic rings. The van der Waals surface area contributed by atoms with E-state index in [1.54, 1.807) is 12.1 Å². The molecule has 0 aliphatic heterocycles. The summed E-state index contributed by atoms with van der Waals surface area (Å²) in [4.78, 5) is 11.5. The Balaban J connectivity index is 1.80. The van der Waals surface area contributed by atoms with Crippen LogP contribution in [0.15, 0.2) is 66.7 Å². The van der Waals surface area contributed by atoms with Crippen LogP contribution in [0, 0.1) is 0 Å². The number of ether oxygens (including phenoxy) is 1. The molecule has 0 saturated carbocycles. The molecular weight excluding hydrogens is 381 g/mol. The zero-order valence-electron chi connectivity index (χ0n) is 15.8. The summed E-state index contributed by atoms with van der Waals surface area (Å²) in [5, 5.41) is 12.4. The lowest BCUT2D eigenvalue weighted by Gasteiger charge is -2.23. The first-order valence-electron chi connectivity index (χ1n) is 9.22. The van der Waals surface area contributed by atoms with Gasteiger partial charge in [-0.1, -0.05) is 54.6 Å². The number of carbonyl (C=O) groups is 1. The molecule has 0 spiro atoms. The zero-order valence-corrected chi connectivity index (χ0v) is 15.8. The second-order valence-electron chi connectivity index (χ2n) is 6.87. The summed E-state index contributed by atoms with van der Waals surface area (Å²) in [6, 6.07) is 18.1. The molecule has 2 atom stereocenters. The Morgan fingerprint density at radius 1 is 0.966 bits per heavy atom. The highest BCUT2D eigenvalue weighted by Crippen LogP contribution is 2.40. The maximum atomic E-state index is 13.7. The second kappa shape index (κ2) is 8.66. The number of methoxy groups -OCH3 is 1. The van der Waals surface area contributed by atoms with Crippen molar-refractivity contribution in [1.82, 2.24) is 0 Å². The number of benzene rings is 3. The van der Waals surface area contributed by atoms with Crippen molar-refractivity contribution in [2.75, 3.05) is 7.11 Å². The summed E-state index contributed by atoms with van der Waals surface area (Å²) in [5.74, 6) is -2.34. The van der Waals surface area contributed by atoms with E-state index >= 15 is 0 Å². The van der Waals surface area contributed by atoms with Gasteiger partial charge in [0.15, 0.2) is 0 Å². The van der Waals surface area contributed by atoms with E-state index in [4.69, 9.17) is 0 Å². The van der Waals surface area contributed by atoms with Crippen LogP contribution < -0.4 is 0 Å². The molecule has 0 aromatic heterocycles. The summed E-state index contributed by atoms with van der Waals surface area (Å²) in [6.07, 6.45) is -5.80. The molecule has 2 unspecified atom stereocenters. The van der Waals surface area contributed by atoms with Crippen LogP contribution in [-0.2, 0) is 4.74 Å². The van der Waals surface area contributed by atoms with Gasteiger partial charge in [0.1, 0.15) is 0 Å². The third-order valence-corrected chi connectivity index (χ3v) is 5.04. The molecule has 0 bridgehead atoms. The van der Waals surface area contributed by atoms with E-state index in [1.807, 2.05) is 30.3 Å². The molecule has 0 saturated heterocycles. The van der Waals surface area contributed by atoms with Gasteiger partial charge in [-0.15, -0.1) is 0 Å². The van der Waals surface area contributed by atoms with E-state index in [-0.39, 0.29) is 24.0 Å². The topological polar surface area (TPSA) is 46.5 Å². The average Bonchev–Trinajstić information content (AvgIpc) is 2.72. The van der Waals surface area contributed by atoms with Gasteiger partial charge in [0.2, 0.25) is 0 Å². The van der Waals surface area contributed by atoms with Crippen LogP contribution >= 0.6 is 0 Å². The lowest BCUT2D eigenvalue weighted by molar-refractivity contribution is -0.153. The predicted molar refractivity (Wildman–Crippen MR) is 105 cm³/mol. The monoisotopic (exact) mass is 402 g/mol. The van der Waals surface area contributed by atoms with Crippen LogP contribution in [0.3, 0.4) is 0 Å². The molecule has 0 aliphatic rings. The highest BCUT2D eigenvalue weighted by molar-refractivity contribution is 5.89. The molecule has 0 fully saturated rings. The number of hydrogen-bond donors (Lipinski definition) is 1. The van der Waals surface area contributed by atoms with Gasteiger partial charge in [0.05, 0.1) is 24.7 Å². The van der Waals surface area contributed by atoms with Gasteiger partial charge in [0.25, 0.3) is 0 Å². The number of aliphatic hydroxyl groups excluding tert-OH is 1. The Labute approximate surface area is 166 Å². The highest BCUT2D eigenvalue weighted by atomic mass is 19.4. The standard InChI is InChI=1S/C23H21F3O3/c1-29-22(28)17-11-9-16(10-12-17)20(23(24,25)26)13-14-21(27)19-8-4-6-15-5-2-3-7-18(15)19/h2-12,20-21,27H,13-14H2,1H3. The molecule has 1 N–H and O–H groups in total. The van der Waals surface area contributed by atoms with E-state index in [9.17, 15) is 23.1 Å². The largest absolute Gasteiger partial charge is 0.465 e. The van der Waals surface area contributed by atoms with E-state index in [0.717, 1.165) is 10.8 Å². The van der Waals surface area contributed by atoms with Crippen LogP contribution in [0.5, 0.6) is 0 Å². The number of esters is 1. The fourth-order valence-electron chi connectivity index (χ4n) is 3.51. The quantitative estimate of drug-likeness (QED) is 0.531. The number of carbonyl (C=O) groups excluding carboxylic acids is 1. The Hall–Kier alpha value is -2.86. The minimum absolute atomic E-state index is 0.0447. The maximum Gasteiger partial charge on any atom is 0.395 e. The van der Waals surface area contributed by atoms with Crippen molar-refractivity contribution in [3.8, 4) is 0 Å². The van der Waals surface area contributed by atoms with Crippen molar-refractivity contribution >= 4 is 16.7 Å². The molecule has 0 aliphatic carbocycles. The van der Waals surface area contributed by atoms with Crippen LogP contribution in [0.4, 0.5) is 13.2 Å². The van der Waals surface area contributed by atoms with E-state index in [0.29, 0.717) is 5.56 Å².